The second-order valence-corrected chi connectivity index (χ2v) is 7.42. The fourth-order valence-electron chi connectivity index (χ4n) is 3.57. The van der Waals surface area contributed by atoms with Crippen molar-refractivity contribution in [2.24, 2.45) is 0 Å². The molecule has 3 aromatic carbocycles. The van der Waals surface area contributed by atoms with E-state index in [1.165, 1.54) is 11.0 Å². The molecule has 0 bridgehead atoms. The van der Waals surface area contributed by atoms with E-state index in [0.29, 0.717) is 18.4 Å². The minimum atomic E-state index is -0.740. The van der Waals surface area contributed by atoms with Gasteiger partial charge in [-0.2, -0.15) is 0 Å². The molecule has 31 heavy (non-hydrogen) atoms. The van der Waals surface area contributed by atoms with Crippen molar-refractivity contribution in [2.75, 3.05) is 7.05 Å². The summed E-state index contributed by atoms with van der Waals surface area (Å²) in [6, 6.07) is 24.9. The van der Waals surface area contributed by atoms with Gasteiger partial charge in [-0.05, 0) is 23.6 Å². The van der Waals surface area contributed by atoms with Gasteiger partial charge < -0.3 is 10.2 Å². The Morgan fingerprint density at radius 3 is 2.06 bits per heavy atom. The molecule has 4 nitrogen and oxygen atoms in total. The lowest BCUT2D eigenvalue weighted by Gasteiger charge is -2.31. The van der Waals surface area contributed by atoms with Crippen LogP contribution in [0, 0.1) is 5.82 Å². The lowest BCUT2D eigenvalue weighted by Crippen LogP contribution is -2.49. The molecule has 1 N–H and O–H groups in total. The minimum absolute atomic E-state index is 0.0330. The zero-order valence-electron chi connectivity index (χ0n) is 17.6. The predicted molar refractivity (Wildman–Crippen MR) is 120 cm³/mol. The molecule has 160 valence electrons. The molecule has 0 aromatic heterocycles. The number of nitrogens with zero attached hydrogens (tertiary/aromatic N) is 1. The number of hydrogen-bond acceptors (Lipinski definition) is 2. The summed E-state index contributed by atoms with van der Waals surface area (Å²) in [6.45, 7) is 0.0330. The number of benzene rings is 3. The van der Waals surface area contributed by atoms with Gasteiger partial charge >= 0.3 is 0 Å². The summed E-state index contributed by atoms with van der Waals surface area (Å²) >= 11 is 0. The molecule has 0 spiro atoms. The number of carbonyl (C=O) groups is 2. The first-order valence-electron chi connectivity index (χ1n) is 10.4. The molecule has 0 saturated heterocycles. The molecule has 2 amide bonds. The van der Waals surface area contributed by atoms with E-state index < -0.39 is 11.9 Å². The molecule has 0 fully saturated rings. The number of halogens is 1. The number of carbonyl (C=O) groups excluding carboxylic acids is 2. The summed E-state index contributed by atoms with van der Waals surface area (Å²) in [7, 11) is 1.55. The van der Waals surface area contributed by atoms with Crippen molar-refractivity contribution in [1.82, 2.24) is 10.2 Å². The Kier molecular flexibility index (Phi) is 7.93. The molecule has 3 rings (SSSR count). The fraction of sp³-hybridized carbons (Fsp3) is 0.231. The van der Waals surface area contributed by atoms with Crippen LogP contribution >= 0.6 is 0 Å². The third-order valence-corrected chi connectivity index (χ3v) is 5.29. The first kappa shape index (κ1) is 22.2. The second kappa shape index (κ2) is 11.1. The van der Waals surface area contributed by atoms with Crippen molar-refractivity contribution in [3.8, 4) is 0 Å². The molecule has 3 aromatic rings. The fourth-order valence-corrected chi connectivity index (χ4v) is 3.57. The van der Waals surface area contributed by atoms with Crippen LogP contribution in [0.4, 0.5) is 4.39 Å². The Bertz CT molecular complexity index is 993. The first-order valence-corrected chi connectivity index (χ1v) is 10.4. The Balaban J connectivity index is 1.88. The van der Waals surface area contributed by atoms with Gasteiger partial charge in [-0.15, -0.1) is 0 Å². The molecule has 0 aliphatic rings. The van der Waals surface area contributed by atoms with Crippen LogP contribution in [-0.2, 0) is 29.0 Å². The third kappa shape index (κ3) is 6.25. The highest BCUT2D eigenvalue weighted by atomic mass is 19.1. The molecule has 5 heteroatoms. The van der Waals surface area contributed by atoms with Crippen LogP contribution in [0.15, 0.2) is 84.9 Å². The standard InChI is InChI=1S/C26H27FN2O2/c1-28-26(31)24(18-21-12-6-3-7-13-21)29(19-22-14-8-9-15-23(22)27)25(30)17-16-20-10-4-2-5-11-20/h2-15,24H,16-19H2,1H3,(H,28,31)/t24-/m0/s1. The van der Waals surface area contributed by atoms with E-state index in [-0.39, 0.29) is 24.8 Å². The maximum Gasteiger partial charge on any atom is 0.242 e. The van der Waals surface area contributed by atoms with E-state index in [1.54, 1.807) is 25.2 Å². The van der Waals surface area contributed by atoms with Crippen LogP contribution in [0.2, 0.25) is 0 Å². The van der Waals surface area contributed by atoms with Crippen molar-refractivity contribution in [3.05, 3.63) is 107 Å². The van der Waals surface area contributed by atoms with Crippen LogP contribution in [0.25, 0.3) is 0 Å². The summed E-state index contributed by atoms with van der Waals surface area (Å²) in [5.41, 5.74) is 2.37. The van der Waals surface area contributed by atoms with Crippen molar-refractivity contribution in [3.63, 3.8) is 0 Å². The normalized spacial score (nSPS) is 11.5. The topological polar surface area (TPSA) is 49.4 Å². The number of likely N-dealkylation sites (N-methyl/N-ethyl adjacent to an activating group) is 1. The molecular weight excluding hydrogens is 391 g/mol. The van der Waals surface area contributed by atoms with Crippen molar-refractivity contribution in [1.29, 1.82) is 0 Å². The summed E-state index contributed by atoms with van der Waals surface area (Å²) in [5, 5.41) is 2.67. The summed E-state index contributed by atoms with van der Waals surface area (Å²) in [5.74, 6) is -0.844. The summed E-state index contributed by atoms with van der Waals surface area (Å²) in [4.78, 5) is 27.6. The van der Waals surface area contributed by atoms with Gasteiger partial charge in [0, 0.05) is 32.0 Å². The van der Waals surface area contributed by atoms with Gasteiger partial charge in [-0.1, -0.05) is 78.9 Å². The molecular formula is C26H27FN2O2. The quantitative estimate of drug-likeness (QED) is 0.568. The van der Waals surface area contributed by atoms with Crippen LogP contribution in [0.5, 0.6) is 0 Å². The molecule has 0 aliphatic heterocycles. The Morgan fingerprint density at radius 2 is 1.45 bits per heavy atom. The van der Waals surface area contributed by atoms with Crippen molar-refractivity contribution < 1.29 is 14.0 Å². The highest BCUT2D eigenvalue weighted by Gasteiger charge is 2.30. The Labute approximate surface area is 182 Å². The molecule has 1 atom stereocenters. The average Bonchev–Trinajstić information content (AvgIpc) is 2.81. The number of hydrogen-bond donors (Lipinski definition) is 1. The van der Waals surface area contributed by atoms with Crippen molar-refractivity contribution in [2.45, 2.75) is 31.8 Å². The van der Waals surface area contributed by atoms with E-state index in [0.717, 1.165) is 11.1 Å². The number of rotatable bonds is 9. The second-order valence-electron chi connectivity index (χ2n) is 7.42. The van der Waals surface area contributed by atoms with Gasteiger partial charge in [0.15, 0.2) is 0 Å². The maximum absolute atomic E-state index is 14.4. The molecule has 0 radical (unpaired) electrons. The van der Waals surface area contributed by atoms with Gasteiger partial charge in [0.05, 0.1) is 0 Å². The molecule has 0 aliphatic carbocycles. The Morgan fingerprint density at radius 1 is 0.871 bits per heavy atom. The average molecular weight is 419 g/mol. The van der Waals surface area contributed by atoms with E-state index in [2.05, 4.69) is 5.32 Å². The number of nitrogens with one attached hydrogen (secondary N) is 1. The largest absolute Gasteiger partial charge is 0.357 e. The molecule has 0 saturated carbocycles. The molecule has 0 unspecified atom stereocenters. The Hall–Kier alpha value is -3.47. The van der Waals surface area contributed by atoms with Crippen LogP contribution in [-0.4, -0.2) is 29.8 Å². The lowest BCUT2D eigenvalue weighted by molar-refractivity contribution is -0.141. The summed E-state index contributed by atoms with van der Waals surface area (Å²) < 4.78 is 14.4. The zero-order valence-corrected chi connectivity index (χ0v) is 17.6. The SMILES string of the molecule is CNC(=O)[C@H](Cc1ccccc1)N(Cc1ccccc1F)C(=O)CCc1ccccc1. The predicted octanol–water partition coefficient (Wildman–Crippen LogP) is 4.14. The smallest absolute Gasteiger partial charge is 0.242 e. The van der Waals surface area contributed by atoms with Gasteiger partial charge in [-0.3, -0.25) is 9.59 Å². The third-order valence-electron chi connectivity index (χ3n) is 5.29. The van der Waals surface area contributed by atoms with E-state index >= 15 is 0 Å². The molecule has 0 heterocycles. The zero-order chi connectivity index (χ0) is 22.1. The number of aryl methyl sites for hydroxylation is 1. The van der Waals surface area contributed by atoms with Crippen LogP contribution in [0.3, 0.4) is 0 Å². The van der Waals surface area contributed by atoms with E-state index in [1.807, 2.05) is 60.7 Å². The van der Waals surface area contributed by atoms with Crippen LogP contribution in [0.1, 0.15) is 23.1 Å². The number of amides is 2. The monoisotopic (exact) mass is 418 g/mol. The highest BCUT2D eigenvalue weighted by molar-refractivity contribution is 5.88. The van der Waals surface area contributed by atoms with Gasteiger partial charge in [0.2, 0.25) is 11.8 Å². The van der Waals surface area contributed by atoms with Crippen LogP contribution < -0.4 is 5.32 Å². The minimum Gasteiger partial charge on any atom is -0.357 e. The van der Waals surface area contributed by atoms with E-state index in [4.69, 9.17) is 0 Å². The van der Waals surface area contributed by atoms with Gasteiger partial charge in [-0.25, -0.2) is 4.39 Å². The highest BCUT2D eigenvalue weighted by Crippen LogP contribution is 2.18. The van der Waals surface area contributed by atoms with Gasteiger partial charge in [0.25, 0.3) is 0 Å². The van der Waals surface area contributed by atoms with Crippen molar-refractivity contribution >= 4 is 11.8 Å². The summed E-state index contributed by atoms with van der Waals surface area (Å²) in [6.07, 6.45) is 1.14. The van der Waals surface area contributed by atoms with E-state index in [9.17, 15) is 14.0 Å². The van der Waals surface area contributed by atoms with Gasteiger partial charge in [0.1, 0.15) is 11.9 Å². The lowest BCUT2D eigenvalue weighted by atomic mass is 10.0. The maximum atomic E-state index is 14.4. The first-order chi connectivity index (χ1) is 15.1.